The standard InChI is InChI=1S/C21H23ClN2O3/c1-14(25)15-7-8-20(27-2)16(11-15)12-21(26)24-10-9-23-13-19(24)17-5-3-4-6-18(17)22/h3-8,11,19,23H,9-10,12-13H2,1-2H3. The third kappa shape index (κ3) is 4.31. The topological polar surface area (TPSA) is 58.6 Å². The van der Waals surface area contributed by atoms with Crippen molar-refractivity contribution in [2.45, 2.75) is 19.4 Å². The van der Waals surface area contributed by atoms with Gasteiger partial charge in [-0.1, -0.05) is 29.8 Å². The van der Waals surface area contributed by atoms with Gasteiger partial charge in [0.1, 0.15) is 5.75 Å². The maximum atomic E-state index is 13.1. The van der Waals surface area contributed by atoms with Gasteiger partial charge in [0, 0.05) is 35.8 Å². The molecule has 1 atom stereocenters. The number of piperazine rings is 1. The summed E-state index contributed by atoms with van der Waals surface area (Å²) in [6.45, 7) is 3.50. The summed E-state index contributed by atoms with van der Waals surface area (Å²) in [4.78, 5) is 26.7. The first-order valence-corrected chi connectivity index (χ1v) is 9.31. The van der Waals surface area contributed by atoms with E-state index in [0.29, 0.717) is 35.0 Å². The van der Waals surface area contributed by atoms with Crippen molar-refractivity contribution in [3.05, 3.63) is 64.2 Å². The molecule has 2 aromatic rings. The third-order valence-corrected chi connectivity index (χ3v) is 5.20. The van der Waals surface area contributed by atoms with Gasteiger partial charge < -0.3 is 15.0 Å². The average Bonchev–Trinajstić information content (AvgIpc) is 2.68. The van der Waals surface area contributed by atoms with Gasteiger partial charge in [0.05, 0.1) is 19.6 Å². The number of nitrogens with one attached hydrogen (secondary N) is 1. The number of carbonyl (C=O) groups excluding carboxylic acids is 2. The van der Waals surface area contributed by atoms with Gasteiger partial charge in [-0.25, -0.2) is 0 Å². The van der Waals surface area contributed by atoms with E-state index >= 15 is 0 Å². The fraction of sp³-hybridized carbons (Fsp3) is 0.333. The number of methoxy groups -OCH3 is 1. The molecule has 6 heteroatoms. The molecule has 2 aromatic carbocycles. The highest BCUT2D eigenvalue weighted by Crippen LogP contribution is 2.30. The van der Waals surface area contributed by atoms with Gasteiger partial charge in [-0.2, -0.15) is 0 Å². The summed E-state index contributed by atoms with van der Waals surface area (Å²) >= 11 is 6.37. The first-order valence-electron chi connectivity index (χ1n) is 8.93. The van der Waals surface area contributed by atoms with E-state index in [2.05, 4.69) is 5.32 Å². The summed E-state index contributed by atoms with van der Waals surface area (Å²) in [5.74, 6) is 0.556. The zero-order chi connectivity index (χ0) is 19.4. The summed E-state index contributed by atoms with van der Waals surface area (Å²) in [7, 11) is 1.56. The Morgan fingerprint density at radius 3 is 2.74 bits per heavy atom. The van der Waals surface area contributed by atoms with Crippen LogP contribution >= 0.6 is 11.6 Å². The van der Waals surface area contributed by atoms with Crippen molar-refractivity contribution < 1.29 is 14.3 Å². The maximum Gasteiger partial charge on any atom is 0.227 e. The molecule has 0 aliphatic carbocycles. The van der Waals surface area contributed by atoms with Crippen LogP contribution in [0.1, 0.15) is 34.5 Å². The highest BCUT2D eigenvalue weighted by atomic mass is 35.5. The van der Waals surface area contributed by atoms with Crippen LogP contribution < -0.4 is 10.1 Å². The predicted octanol–water partition coefficient (Wildman–Crippen LogP) is 3.27. The predicted molar refractivity (Wildman–Crippen MR) is 105 cm³/mol. The highest BCUT2D eigenvalue weighted by Gasteiger charge is 2.29. The van der Waals surface area contributed by atoms with Gasteiger partial charge in [-0.05, 0) is 36.8 Å². The highest BCUT2D eigenvalue weighted by molar-refractivity contribution is 6.31. The van der Waals surface area contributed by atoms with Crippen LogP contribution in [-0.4, -0.2) is 43.3 Å². The minimum absolute atomic E-state index is 0.0135. The van der Waals surface area contributed by atoms with Crippen molar-refractivity contribution in [3.63, 3.8) is 0 Å². The van der Waals surface area contributed by atoms with E-state index in [1.165, 1.54) is 6.92 Å². The molecule has 0 aromatic heterocycles. The van der Waals surface area contributed by atoms with E-state index in [9.17, 15) is 9.59 Å². The van der Waals surface area contributed by atoms with Crippen molar-refractivity contribution in [2.75, 3.05) is 26.7 Å². The minimum atomic E-state index is -0.123. The fourth-order valence-electron chi connectivity index (χ4n) is 3.43. The molecule has 5 nitrogen and oxygen atoms in total. The molecule has 0 bridgehead atoms. The van der Waals surface area contributed by atoms with Gasteiger partial charge >= 0.3 is 0 Å². The second kappa shape index (κ2) is 8.55. The van der Waals surface area contributed by atoms with Crippen molar-refractivity contribution in [3.8, 4) is 5.75 Å². The van der Waals surface area contributed by atoms with Gasteiger partial charge in [-0.3, -0.25) is 9.59 Å². The number of carbonyl (C=O) groups is 2. The van der Waals surface area contributed by atoms with Gasteiger partial charge in [0.25, 0.3) is 0 Å². The monoisotopic (exact) mass is 386 g/mol. The van der Waals surface area contributed by atoms with Gasteiger partial charge in [-0.15, -0.1) is 0 Å². The number of nitrogens with zero attached hydrogens (tertiary/aromatic N) is 1. The molecule has 27 heavy (non-hydrogen) atoms. The van der Waals surface area contributed by atoms with Crippen LogP contribution in [0, 0.1) is 0 Å². The number of ether oxygens (including phenoxy) is 1. The summed E-state index contributed by atoms with van der Waals surface area (Å²) in [5.41, 5.74) is 2.22. The lowest BCUT2D eigenvalue weighted by Crippen LogP contribution is -2.49. The second-order valence-corrected chi connectivity index (χ2v) is 7.00. The van der Waals surface area contributed by atoms with E-state index in [0.717, 1.165) is 12.1 Å². The first kappa shape index (κ1) is 19.4. The number of benzene rings is 2. The van der Waals surface area contributed by atoms with E-state index < -0.39 is 0 Å². The number of ketones is 1. The summed E-state index contributed by atoms with van der Waals surface area (Å²) in [6.07, 6.45) is 0.172. The number of hydrogen-bond acceptors (Lipinski definition) is 4. The van der Waals surface area contributed by atoms with Gasteiger partial charge in [0.2, 0.25) is 5.91 Å². The Morgan fingerprint density at radius 2 is 2.04 bits per heavy atom. The van der Waals surface area contributed by atoms with Crippen LogP contribution in [0.4, 0.5) is 0 Å². The molecule has 1 aliphatic heterocycles. The van der Waals surface area contributed by atoms with Crippen molar-refractivity contribution in [1.29, 1.82) is 0 Å². The van der Waals surface area contributed by atoms with Crippen LogP contribution in [0.25, 0.3) is 0 Å². The van der Waals surface area contributed by atoms with E-state index in [1.54, 1.807) is 25.3 Å². The molecule has 3 rings (SSSR count). The largest absolute Gasteiger partial charge is 0.496 e. The first-order chi connectivity index (χ1) is 13.0. The number of amides is 1. The Bertz CT molecular complexity index is 853. The zero-order valence-corrected chi connectivity index (χ0v) is 16.3. The Balaban J connectivity index is 1.87. The second-order valence-electron chi connectivity index (χ2n) is 6.59. The smallest absolute Gasteiger partial charge is 0.227 e. The molecule has 0 spiro atoms. The molecule has 1 N–H and O–H groups in total. The molecular weight excluding hydrogens is 364 g/mol. The van der Waals surface area contributed by atoms with E-state index in [1.807, 2.05) is 29.2 Å². The number of Topliss-reactive ketones (excluding diaryl/α,β-unsaturated/α-hetero) is 1. The lowest BCUT2D eigenvalue weighted by Gasteiger charge is -2.37. The molecule has 1 fully saturated rings. The SMILES string of the molecule is COc1ccc(C(C)=O)cc1CC(=O)N1CCNCC1c1ccccc1Cl. The molecular formula is C21H23ClN2O3. The summed E-state index contributed by atoms with van der Waals surface area (Å²) in [5, 5.41) is 3.99. The minimum Gasteiger partial charge on any atom is -0.496 e. The summed E-state index contributed by atoms with van der Waals surface area (Å²) in [6, 6.07) is 12.7. The Morgan fingerprint density at radius 1 is 1.26 bits per heavy atom. The molecule has 0 radical (unpaired) electrons. The number of hydrogen-bond donors (Lipinski definition) is 1. The number of rotatable bonds is 5. The van der Waals surface area contributed by atoms with Crippen molar-refractivity contribution in [1.82, 2.24) is 10.2 Å². The van der Waals surface area contributed by atoms with E-state index in [4.69, 9.17) is 16.3 Å². The van der Waals surface area contributed by atoms with Gasteiger partial charge in [0.15, 0.2) is 5.78 Å². The molecule has 1 aliphatic rings. The fourth-order valence-corrected chi connectivity index (χ4v) is 3.69. The third-order valence-electron chi connectivity index (χ3n) is 4.86. The van der Waals surface area contributed by atoms with Crippen LogP contribution in [0.3, 0.4) is 0 Å². The Labute approximate surface area is 164 Å². The lowest BCUT2D eigenvalue weighted by molar-refractivity contribution is -0.133. The Kier molecular flexibility index (Phi) is 6.14. The van der Waals surface area contributed by atoms with Crippen LogP contribution in [-0.2, 0) is 11.2 Å². The zero-order valence-electron chi connectivity index (χ0n) is 15.5. The van der Waals surface area contributed by atoms with Crippen molar-refractivity contribution in [2.24, 2.45) is 0 Å². The van der Waals surface area contributed by atoms with E-state index in [-0.39, 0.29) is 24.2 Å². The molecule has 1 unspecified atom stereocenters. The van der Waals surface area contributed by atoms with Crippen LogP contribution in [0.5, 0.6) is 5.75 Å². The molecule has 1 saturated heterocycles. The normalized spacial score (nSPS) is 16.9. The maximum absolute atomic E-state index is 13.1. The Hall–Kier alpha value is -2.37. The lowest BCUT2D eigenvalue weighted by atomic mass is 10.0. The summed E-state index contributed by atoms with van der Waals surface area (Å²) < 4.78 is 5.38. The molecule has 1 amide bonds. The quantitative estimate of drug-likeness (QED) is 0.801. The molecule has 0 saturated carbocycles. The van der Waals surface area contributed by atoms with Crippen LogP contribution in [0.2, 0.25) is 5.02 Å². The molecule has 1 heterocycles. The molecule has 142 valence electrons. The number of halogens is 1. The van der Waals surface area contributed by atoms with Crippen LogP contribution in [0.15, 0.2) is 42.5 Å². The average molecular weight is 387 g/mol. The van der Waals surface area contributed by atoms with Crippen molar-refractivity contribution >= 4 is 23.3 Å².